The average molecular weight is 575 g/mol. The van der Waals surface area contributed by atoms with Crippen LogP contribution >= 0.6 is 0 Å². The van der Waals surface area contributed by atoms with E-state index in [4.69, 9.17) is 0 Å². The number of aryl methyl sites for hydroxylation is 1. The van der Waals surface area contributed by atoms with Crippen LogP contribution in [0.25, 0.3) is 11.1 Å². The number of aliphatic hydroxyl groups excluding tert-OH is 1. The number of nitrogens with zero attached hydrogens (tertiary/aromatic N) is 5. The number of carbonyl (C=O) groups is 2. The largest absolute Gasteiger partial charge is 0.383 e. The van der Waals surface area contributed by atoms with Gasteiger partial charge in [0.15, 0.2) is 0 Å². The van der Waals surface area contributed by atoms with Gasteiger partial charge in [0.25, 0.3) is 11.8 Å². The van der Waals surface area contributed by atoms with E-state index in [1.807, 2.05) is 0 Å². The van der Waals surface area contributed by atoms with Gasteiger partial charge in [-0.3, -0.25) is 14.3 Å². The molecule has 0 aliphatic carbocycles. The molecule has 2 N–H and O–H groups in total. The molecule has 40 heavy (non-hydrogen) atoms. The number of alkyl halides is 2. The lowest BCUT2D eigenvalue weighted by Gasteiger charge is -2.26. The molecular formula is C27H32F2N6O4S. The lowest BCUT2D eigenvalue weighted by molar-refractivity contribution is -0.124. The molecule has 3 heterocycles. The van der Waals surface area contributed by atoms with Gasteiger partial charge in [-0.15, -0.1) is 0 Å². The van der Waals surface area contributed by atoms with Crippen molar-refractivity contribution in [2.45, 2.75) is 50.0 Å². The predicted molar refractivity (Wildman–Crippen MR) is 148 cm³/mol. The first-order valence-electron chi connectivity index (χ1n) is 12.7. The summed E-state index contributed by atoms with van der Waals surface area (Å²) in [6.07, 6.45) is 4.60. The molecule has 1 aliphatic heterocycles. The van der Waals surface area contributed by atoms with Crippen LogP contribution in [0.15, 0.2) is 52.1 Å². The van der Waals surface area contributed by atoms with E-state index in [0.29, 0.717) is 23.5 Å². The highest BCUT2D eigenvalue weighted by molar-refractivity contribution is 7.93. The van der Waals surface area contributed by atoms with Gasteiger partial charge in [-0.1, -0.05) is 6.07 Å². The van der Waals surface area contributed by atoms with Crippen molar-refractivity contribution in [1.82, 2.24) is 14.8 Å². The van der Waals surface area contributed by atoms with E-state index in [1.54, 1.807) is 54.3 Å². The van der Waals surface area contributed by atoms with Crippen LogP contribution in [0.2, 0.25) is 0 Å². The smallest absolute Gasteiger partial charge is 0.282 e. The number of aliphatic hydroxyl groups is 1. The quantitative estimate of drug-likeness (QED) is 0.455. The molecule has 0 radical (unpaired) electrons. The highest BCUT2D eigenvalue weighted by atomic mass is 32.2. The number of amides is 2. The second-order valence-corrected chi connectivity index (χ2v) is 12.2. The highest BCUT2D eigenvalue weighted by Crippen LogP contribution is 2.34. The van der Waals surface area contributed by atoms with Gasteiger partial charge in [0.1, 0.15) is 11.9 Å². The zero-order valence-electron chi connectivity index (χ0n) is 22.7. The van der Waals surface area contributed by atoms with E-state index in [0.717, 1.165) is 5.56 Å². The van der Waals surface area contributed by atoms with Gasteiger partial charge < -0.3 is 15.3 Å². The molecule has 0 saturated carbocycles. The Morgan fingerprint density at radius 1 is 1.23 bits per heavy atom. The number of halogens is 2. The molecule has 2 amide bonds. The number of carbonyl (C=O) groups excluding carboxylic acids is 2. The van der Waals surface area contributed by atoms with Crippen molar-refractivity contribution in [2.24, 2.45) is 11.4 Å². The van der Waals surface area contributed by atoms with Gasteiger partial charge in [-0.25, -0.2) is 18.0 Å². The maximum absolute atomic E-state index is 14.1. The van der Waals surface area contributed by atoms with Crippen molar-refractivity contribution in [3.63, 3.8) is 0 Å². The fourth-order valence-corrected chi connectivity index (χ4v) is 5.81. The van der Waals surface area contributed by atoms with E-state index >= 15 is 0 Å². The Labute approximate surface area is 231 Å². The van der Waals surface area contributed by atoms with Crippen LogP contribution in [0, 0.1) is 6.92 Å². The topological polar surface area (TPSA) is 130 Å². The molecule has 1 saturated heterocycles. The van der Waals surface area contributed by atoms with Crippen LogP contribution in [0.4, 0.5) is 20.3 Å². The Kier molecular flexibility index (Phi) is 8.36. The number of nitrogens with one attached hydrogen (secondary N) is 1. The zero-order valence-corrected chi connectivity index (χ0v) is 23.5. The van der Waals surface area contributed by atoms with Gasteiger partial charge >= 0.3 is 0 Å². The first-order valence-corrected chi connectivity index (χ1v) is 14.7. The van der Waals surface area contributed by atoms with Crippen molar-refractivity contribution in [3.8, 4) is 11.1 Å². The minimum atomic E-state index is -3.20. The second kappa shape index (κ2) is 11.4. The molecule has 1 aromatic carbocycles. The Bertz CT molecular complexity index is 1560. The maximum atomic E-state index is 14.1. The van der Waals surface area contributed by atoms with Crippen LogP contribution in [-0.2, 0) is 21.6 Å². The molecule has 3 aromatic rings. The number of benzene rings is 1. The van der Waals surface area contributed by atoms with Crippen LogP contribution in [0.5, 0.6) is 0 Å². The van der Waals surface area contributed by atoms with Crippen molar-refractivity contribution in [3.05, 3.63) is 54.0 Å². The molecular weight excluding hydrogens is 542 g/mol. The van der Waals surface area contributed by atoms with Gasteiger partial charge in [0.2, 0.25) is 5.92 Å². The molecule has 1 fully saturated rings. The summed E-state index contributed by atoms with van der Waals surface area (Å²) in [5, 5.41) is 16.5. The summed E-state index contributed by atoms with van der Waals surface area (Å²) >= 11 is 0. The molecule has 10 nitrogen and oxygen atoms in total. The van der Waals surface area contributed by atoms with Crippen molar-refractivity contribution in [2.75, 3.05) is 29.6 Å². The molecule has 2 atom stereocenters. The number of pyridine rings is 1. The summed E-state index contributed by atoms with van der Waals surface area (Å²) in [5.74, 6) is -3.93. The Balaban J connectivity index is 1.74. The lowest BCUT2D eigenvalue weighted by Crippen LogP contribution is -2.30. The molecule has 0 spiro atoms. The van der Waals surface area contributed by atoms with E-state index in [9.17, 15) is 27.7 Å². The molecule has 13 heteroatoms. The highest BCUT2D eigenvalue weighted by Gasteiger charge is 2.33. The van der Waals surface area contributed by atoms with Crippen LogP contribution in [0.1, 0.15) is 42.1 Å². The second-order valence-electron chi connectivity index (χ2n) is 9.98. The average Bonchev–Trinajstić information content (AvgIpc) is 3.22. The van der Waals surface area contributed by atoms with Crippen LogP contribution in [0.3, 0.4) is 0 Å². The fourth-order valence-electron chi connectivity index (χ4n) is 4.53. The summed E-state index contributed by atoms with van der Waals surface area (Å²) in [6, 6.07) is 6.10. The minimum absolute atomic E-state index is 0.0398. The van der Waals surface area contributed by atoms with E-state index < -0.39 is 33.6 Å². The van der Waals surface area contributed by atoms with Crippen LogP contribution in [-0.4, -0.2) is 67.3 Å². The first-order chi connectivity index (χ1) is 18.8. The third-order valence-corrected chi connectivity index (χ3v) is 8.39. The van der Waals surface area contributed by atoms with E-state index in [2.05, 4.69) is 19.8 Å². The third kappa shape index (κ3) is 6.53. The van der Waals surface area contributed by atoms with Gasteiger partial charge in [0, 0.05) is 73.3 Å². The van der Waals surface area contributed by atoms with Crippen molar-refractivity contribution >= 4 is 33.0 Å². The normalized spacial score (nSPS) is 17.4. The Morgan fingerprint density at radius 3 is 2.65 bits per heavy atom. The van der Waals surface area contributed by atoms with Gasteiger partial charge in [-0.05, 0) is 44.0 Å². The molecule has 214 valence electrons. The molecule has 0 unspecified atom stereocenters. The Morgan fingerprint density at radius 2 is 1.98 bits per heavy atom. The number of hydrogen-bond acceptors (Lipinski definition) is 7. The third-order valence-electron chi connectivity index (χ3n) is 6.73. The standard InChI is InChI=1S/C27H32F2N6O4S/c1-17-22(19-14-31-34(3)16-19)15-30-24(35-11-6-9-27(28,29)10-12-35)23(17)26(38)32-20-7-5-8-21(13-20)40(4,39)33-25(37)18(2)36/h5,7-8,13-16,18,36H,6,9-12H2,1-4H3,(H,32,38)/t18-,40-/m1/s1. The van der Waals surface area contributed by atoms with Gasteiger partial charge in [-0.2, -0.15) is 9.46 Å². The van der Waals surface area contributed by atoms with Crippen molar-refractivity contribution in [1.29, 1.82) is 0 Å². The molecule has 0 bridgehead atoms. The lowest BCUT2D eigenvalue weighted by atomic mass is 9.99. The fraction of sp³-hybridized carbons (Fsp3) is 0.407. The number of anilines is 2. The predicted octanol–water partition coefficient (Wildman–Crippen LogP) is 4.03. The minimum Gasteiger partial charge on any atom is -0.383 e. The molecule has 2 aromatic heterocycles. The zero-order chi connectivity index (χ0) is 29.2. The molecule has 4 rings (SSSR count). The van der Waals surface area contributed by atoms with Crippen LogP contribution < -0.4 is 10.2 Å². The number of hydrogen-bond donors (Lipinski definition) is 2. The SMILES string of the molecule is Cc1c(-c2cnn(C)c2)cnc(N2CCCC(F)(F)CC2)c1C(=O)Nc1cccc([S@@](C)(=O)=NC(=O)[C@@H](C)O)c1. The van der Waals surface area contributed by atoms with E-state index in [1.165, 1.54) is 25.3 Å². The maximum Gasteiger partial charge on any atom is 0.282 e. The van der Waals surface area contributed by atoms with E-state index in [-0.39, 0.29) is 42.0 Å². The Hall–Kier alpha value is -3.71. The first kappa shape index (κ1) is 29.3. The summed E-state index contributed by atoms with van der Waals surface area (Å²) in [6.45, 7) is 3.36. The summed E-state index contributed by atoms with van der Waals surface area (Å²) in [7, 11) is -1.43. The number of rotatable bonds is 6. The summed E-state index contributed by atoms with van der Waals surface area (Å²) in [4.78, 5) is 32.2. The monoisotopic (exact) mass is 574 g/mol. The summed E-state index contributed by atoms with van der Waals surface area (Å²) < 4.78 is 46.6. The number of aromatic nitrogens is 3. The summed E-state index contributed by atoms with van der Waals surface area (Å²) in [5.41, 5.74) is 2.52. The van der Waals surface area contributed by atoms with Crippen molar-refractivity contribution < 1.29 is 27.7 Å². The van der Waals surface area contributed by atoms with Gasteiger partial charge in [0.05, 0.1) is 21.5 Å². The molecule has 1 aliphatic rings.